The molecule has 1 aromatic rings. The van der Waals surface area contributed by atoms with Crippen LogP contribution in [0.3, 0.4) is 0 Å². The summed E-state index contributed by atoms with van der Waals surface area (Å²) in [6.45, 7) is 0. The van der Waals surface area contributed by atoms with Gasteiger partial charge in [-0.2, -0.15) is 0 Å². The molecule has 0 bridgehead atoms. The molecule has 0 radical (unpaired) electrons. The fourth-order valence-electron chi connectivity index (χ4n) is 2.10. The topological polar surface area (TPSA) is 38.0 Å². The Labute approximate surface area is 99.4 Å². The second-order valence-corrected chi connectivity index (χ2v) is 5.12. The number of rotatable bonds is 2. The molecule has 3 N–H and O–H groups in total. The number of benzene rings is 1. The van der Waals surface area contributed by atoms with Gasteiger partial charge in [0.2, 0.25) is 0 Å². The molecule has 2 nitrogen and oxygen atoms in total. The van der Waals surface area contributed by atoms with E-state index in [9.17, 15) is 0 Å². The summed E-state index contributed by atoms with van der Waals surface area (Å²) in [6.07, 6.45) is 4.91. The summed E-state index contributed by atoms with van der Waals surface area (Å²) in [5, 5.41) is 3.51. The lowest BCUT2D eigenvalue weighted by molar-refractivity contribution is 0.404. The van der Waals surface area contributed by atoms with Crippen LogP contribution in [0.4, 0.5) is 5.69 Å². The van der Waals surface area contributed by atoms with Crippen molar-refractivity contribution in [2.75, 3.05) is 5.32 Å². The smallest absolute Gasteiger partial charge is 0.0412 e. The lowest BCUT2D eigenvalue weighted by Crippen LogP contribution is -2.42. The highest BCUT2D eigenvalue weighted by Gasteiger charge is 2.21. The van der Waals surface area contributed by atoms with Crippen molar-refractivity contribution in [1.82, 2.24) is 0 Å². The number of nitrogens with one attached hydrogen (secondary N) is 1. The van der Waals surface area contributed by atoms with Crippen LogP contribution in [0.1, 0.15) is 25.7 Å². The zero-order valence-electron chi connectivity index (χ0n) is 8.75. The molecule has 1 aliphatic rings. The summed E-state index contributed by atoms with van der Waals surface area (Å²) in [5.41, 5.74) is 7.25. The SMILES string of the molecule is N[C@@H]1CCCC[C@@H]1Nc1ccc(Br)cc1. The van der Waals surface area contributed by atoms with Gasteiger partial charge in [-0.3, -0.25) is 0 Å². The maximum atomic E-state index is 6.08. The zero-order valence-corrected chi connectivity index (χ0v) is 10.3. The van der Waals surface area contributed by atoms with Gasteiger partial charge in [0.05, 0.1) is 0 Å². The van der Waals surface area contributed by atoms with Gasteiger partial charge in [-0.1, -0.05) is 28.8 Å². The Hall–Kier alpha value is -0.540. The maximum Gasteiger partial charge on any atom is 0.0412 e. The summed E-state index contributed by atoms with van der Waals surface area (Å²) in [7, 11) is 0. The Morgan fingerprint density at radius 1 is 1.13 bits per heavy atom. The van der Waals surface area contributed by atoms with E-state index >= 15 is 0 Å². The predicted octanol–water partition coefficient (Wildman–Crippen LogP) is 3.13. The summed E-state index contributed by atoms with van der Waals surface area (Å²) < 4.78 is 1.11. The van der Waals surface area contributed by atoms with Crippen molar-refractivity contribution in [3.05, 3.63) is 28.7 Å². The minimum atomic E-state index is 0.308. The molecule has 0 saturated heterocycles. The second kappa shape index (κ2) is 4.99. The van der Waals surface area contributed by atoms with Crippen LogP contribution in [-0.2, 0) is 0 Å². The second-order valence-electron chi connectivity index (χ2n) is 4.21. The molecule has 1 fully saturated rings. The average molecular weight is 269 g/mol. The van der Waals surface area contributed by atoms with E-state index in [-0.39, 0.29) is 0 Å². The maximum absolute atomic E-state index is 6.08. The minimum absolute atomic E-state index is 0.308. The van der Waals surface area contributed by atoms with Gasteiger partial charge in [0.1, 0.15) is 0 Å². The number of hydrogen-bond acceptors (Lipinski definition) is 2. The van der Waals surface area contributed by atoms with Crippen LogP contribution in [0, 0.1) is 0 Å². The Morgan fingerprint density at radius 3 is 2.47 bits per heavy atom. The van der Waals surface area contributed by atoms with Gasteiger partial charge in [-0.25, -0.2) is 0 Å². The third-order valence-corrected chi connectivity index (χ3v) is 3.54. The highest BCUT2D eigenvalue weighted by atomic mass is 79.9. The molecule has 2 atom stereocenters. The molecule has 0 heterocycles. The van der Waals surface area contributed by atoms with Crippen LogP contribution < -0.4 is 11.1 Å². The first-order valence-corrected chi connectivity index (χ1v) is 6.33. The van der Waals surface area contributed by atoms with E-state index in [1.807, 2.05) is 0 Å². The molecule has 0 aromatic heterocycles. The average Bonchev–Trinajstić information content (AvgIpc) is 2.25. The van der Waals surface area contributed by atoms with E-state index in [0.29, 0.717) is 12.1 Å². The Balaban J connectivity index is 1.98. The first kappa shape index (κ1) is 11.0. The van der Waals surface area contributed by atoms with Gasteiger partial charge < -0.3 is 11.1 Å². The fourth-order valence-corrected chi connectivity index (χ4v) is 2.36. The van der Waals surface area contributed by atoms with E-state index in [0.717, 1.165) is 10.9 Å². The molecule has 0 aliphatic heterocycles. The largest absolute Gasteiger partial charge is 0.381 e. The van der Waals surface area contributed by atoms with Crippen molar-refractivity contribution >= 4 is 21.6 Å². The molecule has 2 rings (SSSR count). The minimum Gasteiger partial charge on any atom is -0.381 e. The van der Waals surface area contributed by atoms with E-state index in [4.69, 9.17) is 5.73 Å². The van der Waals surface area contributed by atoms with Crippen molar-refractivity contribution < 1.29 is 0 Å². The van der Waals surface area contributed by atoms with E-state index in [1.54, 1.807) is 0 Å². The molecular formula is C12H17BrN2. The predicted molar refractivity (Wildman–Crippen MR) is 68.0 cm³/mol. The summed E-state index contributed by atoms with van der Waals surface area (Å²) in [4.78, 5) is 0. The standard InChI is InChI=1S/C12H17BrN2/c13-9-5-7-10(8-6-9)15-12-4-2-1-3-11(12)14/h5-8,11-12,15H,1-4,14H2/t11-,12+/m1/s1. The van der Waals surface area contributed by atoms with Crippen LogP contribution in [-0.4, -0.2) is 12.1 Å². The Bertz CT molecular complexity index is 310. The van der Waals surface area contributed by atoms with E-state index < -0.39 is 0 Å². The molecule has 3 heteroatoms. The van der Waals surface area contributed by atoms with Crippen LogP contribution >= 0.6 is 15.9 Å². The van der Waals surface area contributed by atoms with Gasteiger partial charge in [0, 0.05) is 22.2 Å². The van der Waals surface area contributed by atoms with Crippen molar-refractivity contribution in [2.45, 2.75) is 37.8 Å². The quantitative estimate of drug-likeness (QED) is 0.865. The van der Waals surface area contributed by atoms with Gasteiger partial charge in [-0.15, -0.1) is 0 Å². The summed E-state index contributed by atoms with van der Waals surface area (Å²) >= 11 is 3.43. The Morgan fingerprint density at radius 2 is 1.80 bits per heavy atom. The van der Waals surface area contributed by atoms with Crippen LogP contribution in [0.15, 0.2) is 28.7 Å². The third-order valence-electron chi connectivity index (χ3n) is 3.02. The van der Waals surface area contributed by atoms with Crippen LogP contribution in [0.2, 0.25) is 0 Å². The molecule has 0 unspecified atom stereocenters. The number of hydrogen-bond donors (Lipinski definition) is 2. The molecular weight excluding hydrogens is 252 g/mol. The fraction of sp³-hybridized carbons (Fsp3) is 0.500. The molecule has 82 valence electrons. The normalized spacial score (nSPS) is 26.3. The van der Waals surface area contributed by atoms with Crippen molar-refractivity contribution in [3.63, 3.8) is 0 Å². The number of nitrogens with two attached hydrogens (primary N) is 1. The molecule has 1 aliphatic carbocycles. The lowest BCUT2D eigenvalue weighted by atomic mass is 9.91. The molecule has 0 spiro atoms. The van der Waals surface area contributed by atoms with E-state index in [2.05, 4.69) is 45.5 Å². The van der Waals surface area contributed by atoms with Crippen LogP contribution in [0.25, 0.3) is 0 Å². The van der Waals surface area contributed by atoms with Crippen molar-refractivity contribution in [2.24, 2.45) is 5.73 Å². The summed E-state index contributed by atoms with van der Waals surface area (Å²) in [5.74, 6) is 0. The highest BCUT2D eigenvalue weighted by Crippen LogP contribution is 2.22. The number of halogens is 1. The van der Waals surface area contributed by atoms with Gasteiger partial charge in [-0.05, 0) is 37.1 Å². The molecule has 1 aromatic carbocycles. The highest BCUT2D eigenvalue weighted by molar-refractivity contribution is 9.10. The zero-order chi connectivity index (χ0) is 10.7. The first-order chi connectivity index (χ1) is 7.25. The Kier molecular flexibility index (Phi) is 3.65. The molecule has 0 amide bonds. The van der Waals surface area contributed by atoms with Crippen molar-refractivity contribution in [3.8, 4) is 0 Å². The van der Waals surface area contributed by atoms with Crippen molar-refractivity contribution in [1.29, 1.82) is 0 Å². The number of anilines is 1. The lowest BCUT2D eigenvalue weighted by Gasteiger charge is -2.30. The van der Waals surface area contributed by atoms with E-state index in [1.165, 1.54) is 24.9 Å². The van der Waals surface area contributed by atoms with Gasteiger partial charge >= 0.3 is 0 Å². The third kappa shape index (κ3) is 2.95. The molecule has 1 saturated carbocycles. The monoisotopic (exact) mass is 268 g/mol. The summed E-state index contributed by atoms with van der Waals surface area (Å²) in [6, 6.07) is 9.03. The van der Waals surface area contributed by atoms with Gasteiger partial charge in [0.25, 0.3) is 0 Å². The first-order valence-electron chi connectivity index (χ1n) is 5.53. The van der Waals surface area contributed by atoms with Crippen LogP contribution in [0.5, 0.6) is 0 Å². The van der Waals surface area contributed by atoms with Gasteiger partial charge in [0.15, 0.2) is 0 Å². The molecule has 15 heavy (non-hydrogen) atoms.